The van der Waals surface area contributed by atoms with Gasteiger partial charge in [0.25, 0.3) is 0 Å². The predicted molar refractivity (Wildman–Crippen MR) is 90.4 cm³/mol. The minimum atomic E-state index is 0.250. The highest BCUT2D eigenvalue weighted by atomic mass is 79.9. The molecule has 0 aliphatic carbocycles. The Balaban J connectivity index is 1.93. The summed E-state index contributed by atoms with van der Waals surface area (Å²) in [4.78, 5) is 14.6. The molecule has 1 aromatic carbocycles. The smallest absolute Gasteiger partial charge is 0.227 e. The van der Waals surface area contributed by atoms with Gasteiger partial charge < -0.3 is 10.2 Å². The molecule has 0 bridgehead atoms. The Kier molecular flexibility index (Phi) is 6.71. The van der Waals surface area contributed by atoms with E-state index in [0.29, 0.717) is 12.5 Å². The normalized spacial score (nSPS) is 17.9. The zero-order valence-corrected chi connectivity index (χ0v) is 14.4. The second kappa shape index (κ2) is 8.54. The summed E-state index contributed by atoms with van der Waals surface area (Å²) in [6.07, 6.45) is 5.13. The Hall–Kier alpha value is -0.870. The maximum Gasteiger partial charge on any atom is 0.227 e. The summed E-state index contributed by atoms with van der Waals surface area (Å²) in [6, 6.07) is 8.52. The zero-order valence-electron chi connectivity index (χ0n) is 12.8. The van der Waals surface area contributed by atoms with Gasteiger partial charge in [-0.15, -0.1) is 0 Å². The van der Waals surface area contributed by atoms with E-state index in [2.05, 4.69) is 33.1 Å². The third-order valence-electron chi connectivity index (χ3n) is 4.01. The van der Waals surface area contributed by atoms with Crippen LogP contribution < -0.4 is 5.32 Å². The summed E-state index contributed by atoms with van der Waals surface area (Å²) < 4.78 is 1.05. The van der Waals surface area contributed by atoms with Crippen LogP contribution in [0.4, 0.5) is 0 Å². The van der Waals surface area contributed by atoms with E-state index in [1.54, 1.807) is 0 Å². The highest BCUT2D eigenvalue weighted by molar-refractivity contribution is 9.10. The lowest BCUT2D eigenvalue weighted by atomic mass is 10.1. The Morgan fingerprint density at radius 2 is 2.14 bits per heavy atom. The number of amides is 1. The molecule has 1 N–H and O–H groups in total. The van der Waals surface area contributed by atoms with Crippen molar-refractivity contribution in [1.29, 1.82) is 0 Å². The molecule has 3 nitrogen and oxygen atoms in total. The molecule has 21 heavy (non-hydrogen) atoms. The van der Waals surface area contributed by atoms with Gasteiger partial charge in [0, 0.05) is 23.6 Å². The number of nitrogens with one attached hydrogen (secondary N) is 1. The number of benzene rings is 1. The van der Waals surface area contributed by atoms with Gasteiger partial charge in [-0.2, -0.15) is 0 Å². The molecule has 116 valence electrons. The van der Waals surface area contributed by atoms with Crippen molar-refractivity contribution in [3.8, 4) is 0 Å². The van der Waals surface area contributed by atoms with Crippen LogP contribution in [0.3, 0.4) is 0 Å². The largest absolute Gasteiger partial charge is 0.341 e. The van der Waals surface area contributed by atoms with Crippen LogP contribution in [-0.4, -0.2) is 36.5 Å². The number of carbonyl (C=O) groups excluding carboxylic acids is 1. The Morgan fingerprint density at radius 3 is 2.76 bits per heavy atom. The van der Waals surface area contributed by atoms with Crippen molar-refractivity contribution < 1.29 is 4.79 Å². The standard InChI is InChI=1S/C17H25BrN2O/c1-2-3-11-20(13-16-5-4-10-19-16)17(21)12-14-6-8-15(18)9-7-14/h6-9,16,19H,2-5,10-13H2,1H3. The van der Waals surface area contributed by atoms with Crippen molar-refractivity contribution in [3.05, 3.63) is 34.3 Å². The number of halogens is 1. The van der Waals surface area contributed by atoms with Crippen LogP contribution in [0.15, 0.2) is 28.7 Å². The van der Waals surface area contributed by atoms with Gasteiger partial charge >= 0.3 is 0 Å². The van der Waals surface area contributed by atoms with Crippen LogP contribution >= 0.6 is 15.9 Å². The molecule has 1 fully saturated rings. The van der Waals surface area contributed by atoms with E-state index < -0.39 is 0 Å². The van der Waals surface area contributed by atoms with E-state index in [4.69, 9.17) is 0 Å². The summed E-state index contributed by atoms with van der Waals surface area (Å²) in [5, 5.41) is 3.49. The van der Waals surface area contributed by atoms with Gasteiger partial charge in [-0.05, 0) is 43.5 Å². The lowest BCUT2D eigenvalue weighted by Gasteiger charge is -2.26. The van der Waals surface area contributed by atoms with E-state index in [-0.39, 0.29) is 5.91 Å². The lowest BCUT2D eigenvalue weighted by molar-refractivity contribution is -0.130. The second-order valence-electron chi connectivity index (χ2n) is 5.79. The maximum absolute atomic E-state index is 12.6. The molecule has 1 heterocycles. The van der Waals surface area contributed by atoms with E-state index in [1.165, 1.54) is 12.8 Å². The Labute approximate surface area is 136 Å². The number of hydrogen-bond donors (Lipinski definition) is 1. The van der Waals surface area contributed by atoms with Crippen LogP contribution in [0.5, 0.6) is 0 Å². The summed E-state index contributed by atoms with van der Waals surface area (Å²) in [5.74, 6) is 0.250. The predicted octanol–water partition coefficient (Wildman–Crippen LogP) is 3.37. The number of hydrogen-bond acceptors (Lipinski definition) is 2. The fourth-order valence-electron chi connectivity index (χ4n) is 2.73. The molecule has 1 atom stereocenters. The van der Waals surface area contributed by atoms with Gasteiger partial charge in [-0.3, -0.25) is 4.79 Å². The lowest BCUT2D eigenvalue weighted by Crippen LogP contribution is -2.42. The number of rotatable bonds is 7. The zero-order chi connectivity index (χ0) is 15.1. The fraction of sp³-hybridized carbons (Fsp3) is 0.588. The summed E-state index contributed by atoms with van der Waals surface area (Å²) >= 11 is 3.43. The maximum atomic E-state index is 12.6. The molecule has 1 aromatic rings. The van der Waals surface area contributed by atoms with Crippen LogP contribution in [0, 0.1) is 0 Å². The monoisotopic (exact) mass is 352 g/mol. The molecular weight excluding hydrogens is 328 g/mol. The van der Waals surface area contributed by atoms with Crippen molar-refractivity contribution in [2.24, 2.45) is 0 Å². The average molecular weight is 353 g/mol. The van der Waals surface area contributed by atoms with Gasteiger partial charge in [0.05, 0.1) is 6.42 Å². The molecule has 1 unspecified atom stereocenters. The van der Waals surface area contributed by atoms with Gasteiger partial charge in [-0.25, -0.2) is 0 Å². The molecule has 0 saturated carbocycles. The van der Waals surface area contributed by atoms with E-state index in [1.807, 2.05) is 24.3 Å². The fourth-order valence-corrected chi connectivity index (χ4v) is 3.00. The minimum Gasteiger partial charge on any atom is -0.341 e. The van der Waals surface area contributed by atoms with Gasteiger partial charge in [0.2, 0.25) is 5.91 Å². The molecule has 2 rings (SSSR count). The van der Waals surface area contributed by atoms with E-state index >= 15 is 0 Å². The van der Waals surface area contributed by atoms with Crippen molar-refractivity contribution in [2.75, 3.05) is 19.6 Å². The second-order valence-corrected chi connectivity index (χ2v) is 6.71. The molecular formula is C17H25BrN2O. The molecule has 0 aromatic heterocycles. The van der Waals surface area contributed by atoms with Gasteiger partial charge in [-0.1, -0.05) is 41.4 Å². The van der Waals surface area contributed by atoms with Crippen molar-refractivity contribution in [3.63, 3.8) is 0 Å². The van der Waals surface area contributed by atoms with Crippen LogP contribution in [0.1, 0.15) is 38.2 Å². The van der Waals surface area contributed by atoms with E-state index in [0.717, 1.165) is 42.5 Å². The first kappa shape index (κ1) is 16.5. The van der Waals surface area contributed by atoms with Gasteiger partial charge in [0.1, 0.15) is 0 Å². The number of unbranched alkanes of at least 4 members (excludes halogenated alkanes) is 1. The SMILES string of the molecule is CCCCN(CC1CCCN1)C(=O)Cc1ccc(Br)cc1. The molecule has 4 heteroatoms. The van der Waals surface area contributed by atoms with Crippen LogP contribution in [0.2, 0.25) is 0 Å². The molecule has 1 amide bonds. The topological polar surface area (TPSA) is 32.3 Å². The summed E-state index contributed by atoms with van der Waals surface area (Å²) in [7, 11) is 0. The molecule has 1 aliphatic heterocycles. The van der Waals surface area contributed by atoms with Crippen molar-refractivity contribution in [1.82, 2.24) is 10.2 Å². The third-order valence-corrected chi connectivity index (χ3v) is 4.53. The number of carbonyl (C=O) groups is 1. The quantitative estimate of drug-likeness (QED) is 0.815. The first-order valence-corrected chi connectivity index (χ1v) is 8.74. The molecule has 0 radical (unpaired) electrons. The third kappa shape index (κ3) is 5.44. The highest BCUT2D eigenvalue weighted by Gasteiger charge is 2.21. The summed E-state index contributed by atoms with van der Waals surface area (Å²) in [6.45, 7) is 5.00. The Morgan fingerprint density at radius 1 is 1.38 bits per heavy atom. The minimum absolute atomic E-state index is 0.250. The summed E-state index contributed by atoms with van der Waals surface area (Å²) in [5.41, 5.74) is 1.09. The van der Waals surface area contributed by atoms with Crippen molar-refractivity contribution >= 4 is 21.8 Å². The molecule has 0 spiro atoms. The molecule has 1 aliphatic rings. The van der Waals surface area contributed by atoms with Crippen LogP contribution in [-0.2, 0) is 11.2 Å². The van der Waals surface area contributed by atoms with Crippen molar-refractivity contribution in [2.45, 2.75) is 45.1 Å². The highest BCUT2D eigenvalue weighted by Crippen LogP contribution is 2.13. The number of nitrogens with zero attached hydrogens (tertiary/aromatic N) is 1. The average Bonchev–Trinajstić information content (AvgIpc) is 2.98. The van der Waals surface area contributed by atoms with E-state index in [9.17, 15) is 4.79 Å². The first-order valence-electron chi connectivity index (χ1n) is 7.94. The first-order chi connectivity index (χ1) is 10.2. The molecule has 1 saturated heterocycles. The van der Waals surface area contributed by atoms with Crippen LogP contribution in [0.25, 0.3) is 0 Å². The van der Waals surface area contributed by atoms with Gasteiger partial charge in [0.15, 0.2) is 0 Å². The Bertz CT molecular complexity index is 441.